The summed E-state index contributed by atoms with van der Waals surface area (Å²) in [5, 5.41) is 13.2. The van der Waals surface area contributed by atoms with Gasteiger partial charge in [0.15, 0.2) is 5.82 Å². The molecule has 0 unspecified atom stereocenters. The third-order valence-electron chi connectivity index (χ3n) is 2.73. The molecule has 2 N–H and O–H groups in total. The Bertz CT molecular complexity index is 731. The standard InChI is InChI=1S/C12H12N8O/c1-2-9-17-11(19-18-9)12(21)16-8-3-4-10(14-5-8)20-7-13-6-15-20/h3-7H,2H2,1H3,(H,16,21)(H,17,18,19). The van der Waals surface area contributed by atoms with Crippen LogP contribution in [0.15, 0.2) is 31.0 Å². The highest BCUT2D eigenvalue weighted by Crippen LogP contribution is 2.09. The SMILES string of the molecule is CCc1nc(C(=O)Nc2ccc(-n3cncn3)nc2)n[nH]1. The molecule has 0 aliphatic heterocycles. The predicted octanol–water partition coefficient (Wildman–Crippen LogP) is 0.595. The lowest BCUT2D eigenvalue weighted by Gasteiger charge is -2.03. The van der Waals surface area contributed by atoms with E-state index in [1.165, 1.54) is 17.2 Å². The minimum Gasteiger partial charge on any atom is -0.318 e. The molecular weight excluding hydrogens is 272 g/mol. The first-order valence-electron chi connectivity index (χ1n) is 6.30. The second-order valence-electron chi connectivity index (χ2n) is 4.16. The summed E-state index contributed by atoms with van der Waals surface area (Å²) in [7, 11) is 0. The Kier molecular flexibility index (Phi) is 3.37. The van der Waals surface area contributed by atoms with Crippen molar-refractivity contribution in [2.45, 2.75) is 13.3 Å². The number of aromatic nitrogens is 7. The number of nitrogens with one attached hydrogen (secondary N) is 2. The smallest absolute Gasteiger partial charge is 0.295 e. The zero-order chi connectivity index (χ0) is 14.7. The average Bonchev–Trinajstić information content (AvgIpc) is 3.19. The fraction of sp³-hybridized carbons (Fsp3) is 0.167. The summed E-state index contributed by atoms with van der Waals surface area (Å²) in [6.45, 7) is 1.93. The number of aryl methyl sites for hydroxylation is 1. The van der Waals surface area contributed by atoms with Crippen LogP contribution in [0.1, 0.15) is 23.4 Å². The predicted molar refractivity (Wildman–Crippen MR) is 72.9 cm³/mol. The molecule has 3 aromatic rings. The van der Waals surface area contributed by atoms with Gasteiger partial charge in [0.25, 0.3) is 5.91 Å². The topological polar surface area (TPSA) is 114 Å². The fourth-order valence-electron chi connectivity index (χ4n) is 1.66. The monoisotopic (exact) mass is 284 g/mol. The van der Waals surface area contributed by atoms with Crippen molar-refractivity contribution in [3.63, 3.8) is 0 Å². The average molecular weight is 284 g/mol. The van der Waals surface area contributed by atoms with Gasteiger partial charge >= 0.3 is 0 Å². The molecule has 0 radical (unpaired) electrons. The summed E-state index contributed by atoms with van der Waals surface area (Å²) in [5.41, 5.74) is 0.548. The van der Waals surface area contributed by atoms with Crippen molar-refractivity contribution in [3.8, 4) is 5.82 Å². The third-order valence-corrected chi connectivity index (χ3v) is 2.73. The number of rotatable bonds is 4. The van der Waals surface area contributed by atoms with Crippen molar-refractivity contribution in [2.75, 3.05) is 5.32 Å². The lowest BCUT2D eigenvalue weighted by Crippen LogP contribution is -2.14. The molecule has 0 aromatic carbocycles. The number of carbonyl (C=O) groups excluding carboxylic acids is 1. The summed E-state index contributed by atoms with van der Waals surface area (Å²) in [6.07, 6.45) is 5.18. The molecule has 9 heteroatoms. The Morgan fingerprint density at radius 3 is 2.95 bits per heavy atom. The van der Waals surface area contributed by atoms with E-state index >= 15 is 0 Å². The van der Waals surface area contributed by atoms with Gasteiger partial charge in [-0.15, -0.1) is 5.10 Å². The number of pyridine rings is 1. The van der Waals surface area contributed by atoms with Gasteiger partial charge in [-0.1, -0.05) is 6.92 Å². The van der Waals surface area contributed by atoms with Gasteiger partial charge in [-0.3, -0.25) is 9.89 Å². The highest BCUT2D eigenvalue weighted by molar-refractivity contribution is 6.01. The maximum absolute atomic E-state index is 11.9. The van der Waals surface area contributed by atoms with Crippen LogP contribution in [0.2, 0.25) is 0 Å². The molecule has 0 aliphatic carbocycles. The minimum absolute atomic E-state index is 0.104. The Labute approximate surface area is 119 Å². The van der Waals surface area contributed by atoms with E-state index in [9.17, 15) is 4.79 Å². The molecule has 0 saturated heterocycles. The number of amides is 1. The Hall–Kier alpha value is -3.10. The van der Waals surface area contributed by atoms with E-state index < -0.39 is 0 Å². The third kappa shape index (κ3) is 2.76. The van der Waals surface area contributed by atoms with E-state index in [1.807, 2.05) is 6.92 Å². The van der Waals surface area contributed by atoms with Crippen molar-refractivity contribution in [1.82, 2.24) is 34.9 Å². The molecule has 21 heavy (non-hydrogen) atoms. The van der Waals surface area contributed by atoms with E-state index in [0.717, 1.165) is 0 Å². The van der Waals surface area contributed by atoms with Crippen LogP contribution in [0.3, 0.4) is 0 Å². The van der Waals surface area contributed by atoms with Crippen LogP contribution in [-0.4, -0.2) is 40.8 Å². The molecule has 3 heterocycles. The van der Waals surface area contributed by atoms with Gasteiger partial charge in [0.1, 0.15) is 18.5 Å². The first-order valence-corrected chi connectivity index (χ1v) is 6.30. The number of aromatic amines is 1. The summed E-state index contributed by atoms with van der Waals surface area (Å²) in [4.78, 5) is 24.0. The van der Waals surface area contributed by atoms with Gasteiger partial charge in [-0.05, 0) is 12.1 Å². The quantitative estimate of drug-likeness (QED) is 0.725. The Morgan fingerprint density at radius 1 is 1.43 bits per heavy atom. The van der Waals surface area contributed by atoms with Crippen LogP contribution in [0, 0.1) is 0 Å². The molecule has 1 amide bonds. The molecule has 0 bridgehead atoms. The zero-order valence-corrected chi connectivity index (χ0v) is 11.2. The van der Waals surface area contributed by atoms with Crippen LogP contribution < -0.4 is 5.32 Å². The van der Waals surface area contributed by atoms with Crippen LogP contribution in [0.5, 0.6) is 0 Å². The van der Waals surface area contributed by atoms with Crippen molar-refractivity contribution < 1.29 is 4.79 Å². The molecule has 0 aliphatic rings. The van der Waals surface area contributed by atoms with Gasteiger partial charge in [-0.25, -0.2) is 19.6 Å². The molecule has 9 nitrogen and oxygen atoms in total. The lowest BCUT2D eigenvalue weighted by atomic mass is 10.4. The lowest BCUT2D eigenvalue weighted by molar-refractivity contribution is 0.101. The summed E-state index contributed by atoms with van der Waals surface area (Å²) >= 11 is 0. The number of carbonyl (C=O) groups is 1. The largest absolute Gasteiger partial charge is 0.318 e. The number of nitrogens with zero attached hydrogens (tertiary/aromatic N) is 6. The van der Waals surface area contributed by atoms with Crippen molar-refractivity contribution in [1.29, 1.82) is 0 Å². The van der Waals surface area contributed by atoms with Crippen molar-refractivity contribution >= 4 is 11.6 Å². The highest BCUT2D eigenvalue weighted by Gasteiger charge is 2.12. The van der Waals surface area contributed by atoms with E-state index in [2.05, 4.69) is 35.6 Å². The Morgan fingerprint density at radius 2 is 2.33 bits per heavy atom. The van der Waals surface area contributed by atoms with E-state index in [4.69, 9.17) is 0 Å². The number of hydrogen-bond acceptors (Lipinski definition) is 6. The fourth-order valence-corrected chi connectivity index (χ4v) is 1.66. The van der Waals surface area contributed by atoms with E-state index in [1.54, 1.807) is 18.5 Å². The van der Waals surface area contributed by atoms with Crippen LogP contribution >= 0.6 is 0 Å². The second-order valence-corrected chi connectivity index (χ2v) is 4.16. The summed E-state index contributed by atoms with van der Waals surface area (Å²) in [5.74, 6) is 0.991. The first-order chi connectivity index (χ1) is 10.3. The zero-order valence-electron chi connectivity index (χ0n) is 11.2. The second kappa shape index (κ2) is 5.49. The van der Waals surface area contributed by atoms with Gasteiger partial charge in [0.05, 0.1) is 11.9 Å². The number of anilines is 1. The molecule has 0 spiro atoms. The number of H-pyrrole nitrogens is 1. The van der Waals surface area contributed by atoms with Gasteiger partial charge < -0.3 is 5.32 Å². The van der Waals surface area contributed by atoms with Crippen LogP contribution in [0.25, 0.3) is 5.82 Å². The normalized spacial score (nSPS) is 10.5. The van der Waals surface area contributed by atoms with Gasteiger partial charge in [0, 0.05) is 6.42 Å². The molecule has 0 saturated carbocycles. The van der Waals surface area contributed by atoms with Crippen LogP contribution in [0.4, 0.5) is 5.69 Å². The molecule has 0 fully saturated rings. The summed E-state index contributed by atoms with van der Waals surface area (Å²) in [6, 6.07) is 3.44. The van der Waals surface area contributed by atoms with E-state index in [0.29, 0.717) is 23.8 Å². The van der Waals surface area contributed by atoms with Crippen molar-refractivity contribution in [3.05, 3.63) is 42.6 Å². The highest BCUT2D eigenvalue weighted by atomic mass is 16.2. The van der Waals surface area contributed by atoms with Crippen molar-refractivity contribution in [2.24, 2.45) is 0 Å². The molecule has 106 valence electrons. The van der Waals surface area contributed by atoms with Gasteiger partial charge in [-0.2, -0.15) is 5.10 Å². The van der Waals surface area contributed by atoms with Crippen LogP contribution in [-0.2, 0) is 6.42 Å². The molecular formula is C12H12N8O. The van der Waals surface area contributed by atoms with E-state index in [-0.39, 0.29) is 11.7 Å². The Balaban J connectivity index is 1.71. The van der Waals surface area contributed by atoms with Gasteiger partial charge in [0.2, 0.25) is 5.82 Å². The molecule has 3 rings (SSSR count). The first kappa shape index (κ1) is 12.9. The summed E-state index contributed by atoms with van der Waals surface area (Å²) < 4.78 is 1.52. The number of hydrogen-bond donors (Lipinski definition) is 2. The minimum atomic E-state index is -0.388. The molecule has 0 atom stereocenters. The maximum Gasteiger partial charge on any atom is 0.295 e. The molecule has 3 aromatic heterocycles. The maximum atomic E-state index is 11.9.